The predicted octanol–water partition coefficient (Wildman–Crippen LogP) is 4.20. The summed E-state index contributed by atoms with van der Waals surface area (Å²) in [5, 5.41) is 3.26. The van der Waals surface area contributed by atoms with E-state index < -0.39 is 11.6 Å². The zero-order valence-corrected chi connectivity index (χ0v) is 10.6. The van der Waals surface area contributed by atoms with E-state index >= 15 is 0 Å². The predicted molar refractivity (Wildman–Crippen MR) is 66.9 cm³/mol. The van der Waals surface area contributed by atoms with Gasteiger partial charge in [0.2, 0.25) is 0 Å². The van der Waals surface area contributed by atoms with Crippen molar-refractivity contribution in [3.63, 3.8) is 0 Å². The molecule has 0 aromatic heterocycles. The normalized spacial score (nSPS) is 12.7. The van der Waals surface area contributed by atoms with Crippen LogP contribution in [0.4, 0.5) is 8.78 Å². The largest absolute Gasteiger partial charge is 0.310 e. The van der Waals surface area contributed by atoms with Gasteiger partial charge in [-0.15, -0.1) is 0 Å². The van der Waals surface area contributed by atoms with Crippen LogP contribution in [0.3, 0.4) is 0 Å². The Bertz CT molecular complexity index is 339. The monoisotopic (exact) mass is 241 g/mol. The Labute approximate surface area is 102 Å². The molecule has 0 saturated heterocycles. The molecular formula is C14H21F2N. The van der Waals surface area contributed by atoms with Crippen molar-refractivity contribution in [2.24, 2.45) is 0 Å². The van der Waals surface area contributed by atoms with Crippen molar-refractivity contribution in [3.05, 3.63) is 35.4 Å². The highest BCUT2D eigenvalue weighted by atomic mass is 19.1. The third-order valence-electron chi connectivity index (χ3n) is 2.88. The van der Waals surface area contributed by atoms with Crippen LogP contribution < -0.4 is 5.32 Å². The molecule has 0 aliphatic carbocycles. The van der Waals surface area contributed by atoms with Crippen LogP contribution in [0, 0.1) is 11.6 Å². The summed E-state index contributed by atoms with van der Waals surface area (Å²) in [4.78, 5) is 0. The number of halogens is 2. The van der Waals surface area contributed by atoms with Crippen molar-refractivity contribution in [1.82, 2.24) is 5.32 Å². The zero-order valence-electron chi connectivity index (χ0n) is 10.6. The molecule has 0 bridgehead atoms. The smallest absolute Gasteiger partial charge is 0.130 e. The second-order valence-electron chi connectivity index (χ2n) is 4.27. The molecule has 1 N–H and O–H groups in total. The summed E-state index contributed by atoms with van der Waals surface area (Å²) in [7, 11) is 0. The topological polar surface area (TPSA) is 12.0 Å². The molecule has 3 heteroatoms. The average Bonchev–Trinajstić information content (AvgIpc) is 2.28. The molecule has 0 amide bonds. The van der Waals surface area contributed by atoms with Crippen molar-refractivity contribution >= 4 is 0 Å². The van der Waals surface area contributed by atoms with E-state index in [4.69, 9.17) is 0 Å². The van der Waals surface area contributed by atoms with E-state index in [0.717, 1.165) is 38.3 Å². The van der Waals surface area contributed by atoms with Crippen molar-refractivity contribution in [2.45, 2.75) is 45.6 Å². The second-order valence-corrected chi connectivity index (χ2v) is 4.27. The van der Waals surface area contributed by atoms with E-state index in [9.17, 15) is 8.78 Å². The Morgan fingerprint density at radius 1 is 1.18 bits per heavy atom. The molecule has 1 aromatic carbocycles. The van der Waals surface area contributed by atoms with Crippen molar-refractivity contribution < 1.29 is 8.78 Å². The molecule has 1 atom stereocenters. The number of nitrogens with one attached hydrogen (secondary N) is 1. The molecule has 1 nitrogen and oxygen atoms in total. The highest BCUT2D eigenvalue weighted by molar-refractivity contribution is 5.22. The van der Waals surface area contributed by atoms with Crippen LogP contribution in [0.1, 0.15) is 51.1 Å². The number of unbranched alkanes of at least 4 members (excludes halogenated alkanes) is 2. The van der Waals surface area contributed by atoms with Gasteiger partial charge in [-0.3, -0.25) is 0 Å². The first-order valence-corrected chi connectivity index (χ1v) is 6.37. The highest BCUT2D eigenvalue weighted by Gasteiger charge is 2.14. The van der Waals surface area contributed by atoms with Gasteiger partial charge in [0.25, 0.3) is 0 Å². The molecule has 1 rings (SSSR count). The van der Waals surface area contributed by atoms with E-state index in [-0.39, 0.29) is 6.04 Å². The Hall–Kier alpha value is -0.960. The zero-order chi connectivity index (χ0) is 12.7. The Kier molecular flexibility index (Phi) is 6.12. The number of hydrogen-bond acceptors (Lipinski definition) is 1. The van der Waals surface area contributed by atoms with Crippen LogP contribution in [0.25, 0.3) is 0 Å². The third kappa shape index (κ3) is 4.43. The maximum Gasteiger partial charge on any atom is 0.130 e. The van der Waals surface area contributed by atoms with Crippen LogP contribution >= 0.6 is 0 Å². The lowest BCUT2D eigenvalue weighted by molar-refractivity contribution is 0.461. The molecule has 0 saturated carbocycles. The Morgan fingerprint density at radius 2 is 1.94 bits per heavy atom. The first kappa shape index (κ1) is 14.1. The van der Waals surface area contributed by atoms with E-state index in [0.29, 0.717) is 5.56 Å². The standard InChI is InChI=1S/C14H21F2N/c1-3-5-6-7-14(17-4-2)12-9-8-11(15)10-13(12)16/h8-10,14,17H,3-7H2,1-2H3. The summed E-state index contributed by atoms with van der Waals surface area (Å²) in [5.41, 5.74) is 0.573. The van der Waals surface area contributed by atoms with Crippen LogP contribution in [-0.2, 0) is 0 Å². The first-order valence-electron chi connectivity index (χ1n) is 6.37. The van der Waals surface area contributed by atoms with Gasteiger partial charge in [-0.05, 0) is 19.0 Å². The van der Waals surface area contributed by atoms with Crippen LogP contribution in [-0.4, -0.2) is 6.54 Å². The molecule has 0 radical (unpaired) electrons. The van der Waals surface area contributed by atoms with Gasteiger partial charge in [0.05, 0.1) is 0 Å². The Morgan fingerprint density at radius 3 is 2.53 bits per heavy atom. The molecule has 0 fully saturated rings. The van der Waals surface area contributed by atoms with E-state index in [2.05, 4.69) is 12.2 Å². The average molecular weight is 241 g/mol. The molecule has 0 aliphatic rings. The van der Waals surface area contributed by atoms with Gasteiger partial charge in [0.1, 0.15) is 11.6 Å². The van der Waals surface area contributed by atoms with E-state index in [1.807, 2.05) is 6.92 Å². The van der Waals surface area contributed by atoms with Crippen molar-refractivity contribution in [1.29, 1.82) is 0 Å². The summed E-state index contributed by atoms with van der Waals surface area (Å²) in [6.45, 7) is 4.92. The number of benzene rings is 1. The fraction of sp³-hybridized carbons (Fsp3) is 0.571. The molecular weight excluding hydrogens is 220 g/mol. The Balaban J connectivity index is 2.74. The summed E-state index contributed by atoms with van der Waals surface area (Å²) < 4.78 is 26.5. The summed E-state index contributed by atoms with van der Waals surface area (Å²) in [6, 6.07) is 3.82. The fourth-order valence-corrected chi connectivity index (χ4v) is 2.00. The number of rotatable bonds is 7. The molecule has 0 spiro atoms. The lowest BCUT2D eigenvalue weighted by Gasteiger charge is -2.18. The maximum atomic E-state index is 13.7. The minimum atomic E-state index is -0.518. The fourth-order valence-electron chi connectivity index (χ4n) is 2.00. The molecule has 0 aliphatic heterocycles. The van der Waals surface area contributed by atoms with E-state index in [1.54, 1.807) is 6.07 Å². The maximum absolute atomic E-state index is 13.7. The number of hydrogen-bond donors (Lipinski definition) is 1. The van der Waals surface area contributed by atoms with Gasteiger partial charge in [-0.2, -0.15) is 0 Å². The second kappa shape index (κ2) is 7.38. The van der Waals surface area contributed by atoms with Crippen molar-refractivity contribution in [3.8, 4) is 0 Å². The SMILES string of the molecule is CCCCCC(NCC)c1ccc(F)cc1F. The molecule has 1 unspecified atom stereocenters. The van der Waals surface area contributed by atoms with Crippen LogP contribution in [0.15, 0.2) is 18.2 Å². The minimum Gasteiger partial charge on any atom is -0.310 e. The van der Waals surface area contributed by atoms with Gasteiger partial charge < -0.3 is 5.32 Å². The summed E-state index contributed by atoms with van der Waals surface area (Å²) in [5.74, 6) is -0.970. The molecule has 96 valence electrons. The molecule has 17 heavy (non-hydrogen) atoms. The van der Waals surface area contributed by atoms with Gasteiger partial charge in [0, 0.05) is 17.7 Å². The highest BCUT2D eigenvalue weighted by Crippen LogP contribution is 2.23. The third-order valence-corrected chi connectivity index (χ3v) is 2.88. The van der Waals surface area contributed by atoms with Crippen LogP contribution in [0.2, 0.25) is 0 Å². The quantitative estimate of drug-likeness (QED) is 0.706. The van der Waals surface area contributed by atoms with Crippen molar-refractivity contribution in [2.75, 3.05) is 6.54 Å². The van der Waals surface area contributed by atoms with Gasteiger partial charge in [0.15, 0.2) is 0 Å². The lowest BCUT2D eigenvalue weighted by atomic mass is 10.00. The molecule has 0 heterocycles. The van der Waals surface area contributed by atoms with Gasteiger partial charge in [-0.25, -0.2) is 8.78 Å². The van der Waals surface area contributed by atoms with E-state index in [1.165, 1.54) is 6.07 Å². The minimum absolute atomic E-state index is 0.00727. The van der Waals surface area contributed by atoms with Crippen LogP contribution in [0.5, 0.6) is 0 Å². The first-order chi connectivity index (χ1) is 8.19. The van der Waals surface area contributed by atoms with Gasteiger partial charge in [-0.1, -0.05) is 39.2 Å². The summed E-state index contributed by atoms with van der Waals surface area (Å²) in [6.07, 6.45) is 4.24. The lowest BCUT2D eigenvalue weighted by Crippen LogP contribution is -2.22. The summed E-state index contributed by atoms with van der Waals surface area (Å²) >= 11 is 0. The molecule has 1 aromatic rings. The van der Waals surface area contributed by atoms with Gasteiger partial charge >= 0.3 is 0 Å².